The molecule has 0 bridgehead atoms. The average Bonchev–Trinajstić information content (AvgIpc) is 2.69. The van der Waals surface area contributed by atoms with E-state index in [0.29, 0.717) is 24.5 Å². The minimum absolute atomic E-state index is 0.168. The lowest BCUT2D eigenvalue weighted by Gasteiger charge is -2.19. The first-order valence-corrected chi connectivity index (χ1v) is 8.24. The van der Waals surface area contributed by atoms with Crippen molar-refractivity contribution in [2.45, 2.75) is 0 Å². The van der Waals surface area contributed by atoms with Crippen LogP contribution in [-0.4, -0.2) is 54.8 Å². The third kappa shape index (κ3) is 3.25. The molecule has 0 unspecified atom stereocenters. The molecule has 0 radical (unpaired) electrons. The fraction of sp³-hybridized carbons (Fsp3) is 0.462. The number of nitrogens with zero attached hydrogens (tertiary/aromatic N) is 2. The van der Waals surface area contributed by atoms with Crippen LogP contribution >= 0.6 is 0 Å². The van der Waals surface area contributed by atoms with E-state index in [-0.39, 0.29) is 19.1 Å². The van der Waals surface area contributed by atoms with E-state index < -0.39 is 10.2 Å². The molecule has 0 atom stereocenters. The Balaban J connectivity index is 1.94. The topological polar surface area (TPSA) is 91.0 Å². The molecule has 1 aromatic rings. The van der Waals surface area contributed by atoms with Gasteiger partial charge in [0.2, 0.25) is 0 Å². The van der Waals surface area contributed by atoms with Gasteiger partial charge >= 0.3 is 16.2 Å². The lowest BCUT2D eigenvalue weighted by molar-refractivity contribution is 0.196. The molecular formula is C13H20N4O4S. The Morgan fingerprint density at radius 2 is 1.82 bits per heavy atom. The molecule has 2 rings (SSSR count). The number of carbonyl (C=O) groups excluding carboxylic acids is 1. The maximum Gasteiger partial charge on any atom is 0.326 e. The molecule has 0 aliphatic carbocycles. The van der Waals surface area contributed by atoms with Crippen LogP contribution in [-0.2, 0) is 14.9 Å². The summed E-state index contributed by atoms with van der Waals surface area (Å²) in [6.45, 7) is 1.20. The summed E-state index contributed by atoms with van der Waals surface area (Å²) in [4.78, 5) is 11.5. The van der Waals surface area contributed by atoms with Gasteiger partial charge in [-0.3, -0.25) is 4.31 Å². The minimum Gasteiger partial charge on any atom is -0.383 e. The van der Waals surface area contributed by atoms with Crippen LogP contribution in [0.2, 0.25) is 0 Å². The van der Waals surface area contributed by atoms with E-state index in [1.54, 1.807) is 31.4 Å². The highest BCUT2D eigenvalue weighted by Gasteiger charge is 2.37. The highest BCUT2D eigenvalue weighted by molar-refractivity contribution is 7.94. The quantitative estimate of drug-likeness (QED) is 0.727. The number of carbonyl (C=O) groups is 1. The van der Waals surface area contributed by atoms with E-state index in [4.69, 9.17) is 4.74 Å². The van der Waals surface area contributed by atoms with Crippen LogP contribution in [0.25, 0.3) is 0 Å². The highest BCUT2D eigenvalue weighted by atomic mass is 32.2. The van der Waals surface area contributed by atoms with Crippen LogP contribution in [0.1, 0.15) is 0 Å². The molecule has 2 amide bonds. The first kappa shape index (κ1) is 16.4. The fourth-order valence-electron chi connectivity index (χ4n) is 2.17. The predicted molar refractivity (Wildman–Crippen MR) is 84.4 cm³/mol. The number of fused-ring (bicyclic) bond motifs is 1. The van der Waals surface area contributed by atoms with Gasteiger partial charge in [0.25, 0.3) is 0 Å². The number of hydrogen-bond donors (Lipinski definition) is 2. The van der Waals surface area contributed by atoms with Crippen LogP contribution in [0.4, 0.5) is 16.2 Å². The van der Waals surface area contributed by atoms with Crippen LogP contribution in [0.3, 0.4) is 0 Å². The highest BCUT2D eigenvalue weighted by Crippen LogP contribution is 2.38. The van der Waals surface area contributed by atoms with E-state index in [9.17, 15) is 13.2 Å². The van der Waals surface area contributed by atoms with Crippen molar-refractivity contribution in [3.8, 4) is 0 Å². The average molecular weight is 328 g/mol. The Hall–Kier alpha value is -2.00. The molecule has 1 heterocycles. The molecule has 8 nitrogen and oxygen atoms in total. The number of nitrogens with one attached hydrogen (secondary N) is 2. The number of para-hydroxylation sites is 2. The van der Waals surface area contributed by atoms with Crippen LogP contribution in [0.15, 0.2) is 24.3 Å². The van der Waals surface area contributed by atoms with Crippen LogP contribution in [0.5, 0.6) is 0 Å². The number of methoxy groups -OCH3 is 1. The lowest BCUT2D eigenvalue weighted by Crippen LogP contribution is -2.43. The smallest absolute Gasteiger partial charge is 0.326 e. The molecule has 1 aliphatic heterocycles. The van der Waals surface area contributed by atoms with Gasteiger partial charge < -0.3 is 15.4 Å². The van der Waals surface area contributed by atoms with Crippen molar-refractivity contribution in [1.82, 2.24) is 10.6 Å². The van der Waals surface area contributed by atoms with Gasteiger partial charge in [-0.15, -0.1) is 0 Å². The molecule has 0 saturated heterocycles. The molecule has 2 N–H and O–H groups in total. The largest absolute Gasteiger partial charge is 0.383 e. The summed E-state index contributed by atoms with van der Waals surface area (Å²) in [6.07, 6.45) is 0. The Labute approximate surface area is 130 Å². The molecule has 1 aromatic carbocycles. The van der Waals surface area contributed by atoms with Crippen molar-refractivity contribution in [1.29, 1.82) is 0 Å². The zero-order valence-electron chi connectivity index (χ0n) is 12.6. The summed E-state index contributed by atoms with van der Waals surface area (Å²) in [7, 11) is -0.508. The van der Waals surface area contributed by atoms with Crippen molar-refractivity contribution < 1.29 is 17.9 Å². The Bertz CT molecular complexity index is 635. The van der Waals surface area contributed by atoms with Crippen molar-refractivity contribution >= 4 is 27.6 Å². The van der Waals surface area contributed by atoms with Crippen molar-refractivity contribution in [2.24, 2.45) is 0 Å². The number of urea groups is 1. The van der Waals surface area contributed by atoms with Gasteiger partial charge in [-0.2, -0.15) is 8.42 Å². The first-order valence-electron chi connectivity index (χ1n) is 6.84. The fourth-order valence-corrected chi connectivity index (χ4v) is 3.60. The third-order valence-electron chi connectivity index (χ3n) is 3.31. The molecule has 0 aromatic heterocycles. The van der Waals surface area contributed by atoms with Gasteiger partial charge in [-0.05, 0) is 12.1 Å². The maximum absolute atomic E-state index is 12.3. The monoisotopic (exact) mass is 328 g/mol. The summed E-state index contributed by atoms with van der Waals surface area (Å²) in [5.41, 5.74) is 1.25. The molecule has 0 spiro atoms. The number of benzene rings is 1. The van der Waals surface area contributed by atoms with Gasteiger partial charge in [-0.1, -0.05) is 12.1 Å². The van der Waals surface area contributed by atoms with Crippen molar-refractivity contribution in [3.63, 3.8) is 0 Å². The SMILES string of the molecule is COCCNC(=O)NCCN1c2ccccc2N(C)S1(=O)=O. The molecule has 122 valence electrons. The van der Waals surface area contributed by atoms with E-state index in [2.05, 4.69) is 10.6 Å². The lowest BCUT2D eigenvalue weighted by atomic mass is 10.2. The normalized spacial score (nSPS) is 15.5. The van der Waals surface area contributed by atoms with E-state index >= 15 is 0 Å². The second-order valence-corrected chi connectivity index (χ2v) is 6.60. The van der Waals surface area contributed by atoms with Gasteiger partial charge in [0.05, 0.1) is 24.5 Å². The van der Waals surface area contributed by atoms with Crippen molar-refractivity contribution in [3.05, 3.63) is 24.3 Å². The van der Waals surface area contributed by atoms with Gasteiger partial charge in [0, 0.05) is 27.2 Å². The summed E-state index contributed by atoms with van der Waals surface area (Å²) in [6, 6.07) is 6.71. The van der Waals surface area contributed by atoms with E-state index in [1.807, 2.05) is 0 Å². The first-order chi connectivity index (χ1) is 10.5. The van der Waals surface area contributed by atoms with Gasteiger partial charge in [-0.25, -0.2) is 9.10 Å². The second-order valence-electron chi connectivity index (χ2n) is 4.71. The summed E-state index contributed by atoms with van der Waals surface area (Å²) in [5.74, 6) is 0. The molecule has 0 saturated carbocycles. The van der Waals surface area contributed by atoms with Crippen molar-refractivity contribution in [2.75, 3.05) is 49.0 Å². The molecule has 22 heavy (non-hydrogen) atoms. The number of rotatable bonds is 6. The van der Waals surface area contributed by atoms with E-state index in [0.717, 1.165) is 0 Å². The standard InChI is InChI=1S/C13H20N4O4S/c1-16-11-5-3-4-6-12(11)17(22(16,19)20)9-7-14-13(18)15-8-10-21-2/h3-6H,7-10H2,1-2H3,(H2,14,15,18). The maximum atomic E-state index is 12.3. The van der Waals surface area contributed by atoms with Crippen LogP contribution in [0, 0.1) is 0 Å². The van der Waals surface area contributed by atoms with Crippen LogP contribution < -0.4 is 19.2 Å². The minimum atomic E-state index is -3.57. The van der Waals surface area contributed by atoms with E-state index in [1.165, 1.54) is 15.7 Å². The Morgan fingerprint density at radius 1 is 1.18 bits per heavy atom. The molecule has 1 aliphatic rings. The Kier molecular flexibility index (Phi) is 5.09. The number of anilines is 2. The molecule has 9 heteroatoms. The summed E-state index contributed by atoms with van der Waals surface area (Å²) in [5, 5.41) is 5.23. The molecular weight excluding hydrogens is 308 g/mol. The zero-order chi connectivity index (χ0) is 16.2. The number of amides is 2. The predicted octanol–water partition coefficient (Wildman–Crippen LogP) is 0.133. The number of ether oxygens (including phenoxy) is 1. The Morgan fingerprint density at radius 3 is 2.50 bits per heavy atom. The van der Waals surface area contributed by atoms with Gasteiger partial charge in [0.1, 0.15) is 0 Å². The third-order valence-corrected chi connectivity index (χ3v) is 5.13. The van der Waals surface area contributed by atoms with Gasteiger partial charge in [0.15, 0.2) is 0 Å². The summed E-state index contributed by atoms with van der Waals surface area (Å²) >= 11 is 0. The molecule has 0 fully saturated rings. The second kappa shape index (κ2) is 6.84. The summed E-state index contributed by atoms with van der Waals surface area (Å²) < 4.78 is 32.0. The zero-order valence-corrected chi connectivity index (χ0v) is 13.4. The number of hydrogen-bond acceptors (Lipinski definition) is 4.